The maximum atomic E-state index is 12.8. The van der Waals surface area contributed by atoms with Crippen LogP contribution in [0.2, 0.25) is 0 Å². The van der Waals surface area contributed by atoms with Crippen molar-refractivity contribution >= 4 is 0 Å². The van der Waals surface area contributed by atoms with Gasteiger partial charge in [0, 0.05) is 0 Å². The average Bonchev–Trinajstić information content (AvgIpc) is 2.88. The van der Waals surface area contributed by atoms with E-state index < -0.39 is 17.4 Å². The standard InChI is InChI=1S/C18H16F3N3O2/c1-12-22-23(11-13-4-3-5-14(10-13)18(19,20)21)17(25)24(12)15-6-8-16(26-2)9-7-15/h3-10H,11H2,1-2H3. The van der Waals surface area contributed by atoms with Gasteiger partial charge in [0.2, 0.25) is 0 Å². The Bertz CT molecular complexity index is 973. The van der Waals surface area contributed by atoms with E-state index in [0.717, 1.165) is 16.8 Å². The average molecular weight is 363 g/mol. The highest BCUT2D eigenvalue weighted by Gasteiger charge is 2.30. The minimum Gasteiger partial charge on any atom is -0.497 e. The molecule has 0 fully saturated rings. The summed E-state index contributed by atoms with van der Waals surface area (Å²) in [6, 6.07) is 11.7. The lowest BCUT2D eigenvalue weighted by Gasteiger charge is -2.08. The summed E-state index contributed by atoms with van der Waals surface area (Å²) in [7, 11) is 1.54. The lowest BCUT2D eigenvalue weighted by atomic mass is 10.1. The molecule has 1 heterocycles. The van der Waals surface area contributed by atoms with Gasteiger partial charge in [-0.15, -0.1) is 0 Å². The smallest absolute Gasteiger partial charge is 0.416 e. The number of nitrogens with zero attached hydrogens (tertiary/aromatic N) is 3. The van der Waals surface area contributed by atoms with Gasteiger partial charge in [-0.25, -0.2) is 14.0 Å². The van der Waals surface area contributed by atoms with Crippen molar-refractivity contribution in [2.45, 2.75) is 19.6 Å². The molecule has 0 unspecified atom stereocenters. The first-order chi connectivity index (χ1) is 12.3. The largest absolute Gasteiger partial charge is 0.497 e. The Labute approximate surface area is 147 Å². The SMILES string of the molecule is COc1ccc(-n2c(C)nn(Cc3cccc(C(F)(F)F)c3)c2=O)cc1. The highest BCUT2D eigenvalue weighted by atomic mass is 19.4. The molecule has 0 radical (unpaired) electrons. The van der Waals surface area contributed by atoms with E-state index in [4.69, 9.17) is 4.74 Å². The Balaban J connectivity index is 1.94. The molecule has 3 rings (SSSR count). The predicted octanol–water partition coefficient (Wildman–Crippen LogP) is 3.42. The molecular weight excluding hydrogens is 347 g/mol. The van der Waals surface area contributed by atoms with E-state index in [1.54, 1.807) is 38.3 Å². The highest BCUT2D eigenvalue weighted by Crippen LogP contribution is 2.29. The zero-order chi connectivity index (χ0) is 18.9. The van der Waals surface area contributed by atoms with Crippen molar-refractivity contribution in [2.75, 3.05) is 7.11 Å². The Morgan fingerprint density at radius 3 is 2.42 bits per heavy atom. The lowest BCUT2D eigenvalue weighted by molar-refractivity contribution is -0.137. The summed E-state index contributed by atoms with van der Waals surface area (Å²) in [6.45, 7) is 1.61. The zero-order valence-corrected chi connectivity index (χ0v) is 14.1. The summed E-state index contributed by atoms with van der Waals surface area (Å²) in [6.07, 6.45) is -4.43. The van der Waals surface area contributed by atoms with Crippen LogP contribution >= 0.6 is 0 Å². The van der Waals surface area contributed by atoms with Crippen LogP contribution in [0, 0.1) is 6.92 Å². The Morgan fingerprint density at radius 2 is 1.81 bits per heavy atom. The molecule has 0 N–H and O–H groups in total. The van der Waals surface area contributed by atoms with Crippen LogP contribution in [0.5, 0.6) is 5.75 Å². The van der Waals surface area contributed by atoms with Gasteiger partial charge in [-0.3, -0.25) is 0 Å². The molecule has 5 nitrogen and oxygen atoms in total. The van der Waals surface area contributed by atoms with Crippen LogP contribution in [0.1, 0.15) is 17.0 Å². The molecular formula is C18H16F3N3O2. The molecule has 0 bridgehead atoms. The molecule has 0 aliphatic rings. The van der Waals surface area contributed by atoms with Gasteiger partial charge in [-0.2, -0.15) is 18.3 Å². The van der Waals surface area contributed by atoms with Crippen molar-refractivity contribution in [1.82, 2.24) is 14.3 Å². The molecule has 0 saturated heterocycles. The van der Waals surface area contributed by atoms with Gasteiger partial charge >= 0.3 is 11.9 Å². The second-order valence-electron chi connectivity index (χ2n) is 5.72. The number of alkyl halides is 3. The number of aryl methyl sites for hydroxylation is 1. The molecule has 3 aromatic rings. The van der Waals surface area contributed by atoms with Crippen LogP contribution < -0.4 is 10.4 Å². The van der Waals surface area contributed by atoms with Crippen LogP contribution in [0.3, 0.4) is 0 Å². The summed E-state index contributed by atoms with van der Waals surface area (Å²) in [5.74, 6) is 1.09. The van der Waals surface area contributed by atoms with E-state index in [0.29, 0.717) is 22.8 Å². The number of hydrogen-bond donors (Lipinski definition) is 0. The number of rotatable bonds is 4. The van der Waals surface area contributed by atoms with E-state index in [1.165, 1.54) is 16.7 Å². The van der Waals surface area contributed by atoms with Crippen molar-refractivity contribution in [3.8, 4) is 11.4 Å². The molecule has 0 spiro atoms. The molecule has 0 atom stereocenters. The van der Waals surface area contributed by atoms with Gasteiger partial charge in [0.05, 0.1) is 24.9 Å². The third-order valence-corrected chi connectivity index (χ3v) is 3.92. The maximum absolute atomic E-state index is 12.8. The third kappa shape index (κ3) is 3.49. The number of benzene rings is 2. The summed E-state index contributed by atoms with van der Waals surface area (Å²) < 4.78 is 46.1. The van der Waals surface area contributed by atoms with E-state index >= 15 is 0 Å². The fourth-order valence-electron chi connectivity index (χ4n) is 2.67. The Kier molecular flexibility index (Phi) is 4.58. The summed E-state index contributed by atoms with van der Waals surface area (Å²) >= 11 is 0. The highest BCUT2D eigenvalue weighted by molar-refractivity contribution is 5.38. The molecule has 0 aliphatic carbocycles. The number of hydrogen-bond acceptors (Lipinski definition) is 3. The van der Waals surface area contributed by atoms with Crippen molar-refractivity contribution < 1.29 is 17.9 Å². The van der Waals surface area contributed by atoms with Crippen LogP contribution in [0.4, 0.5) is 13.2 Å². The summed E-state index contributed by atoms with van der Waals surface area (Å²) in [5, 5.41) is 4.17. The first-order valence-corrected chi connectivity index (χ1v) is 7.76. The fraction of sp³-hybridized carbons (Fsp3) is 0.222. The fourth-order valence-corrected chi connectivity index (χ4v) is 2.67. The van der Waals surface area contributed by atoms with E-state index in [9.17, 15) is 18.0 Å². The minimum atomic E-state index is -4.43. The van der Waals surface area contributed by atoms with Crippen LogP contribution in [0.15, 0.2) is 53.3 Å². The number of aromatic nitrogens is 3. The van der Waals surface area contributed by atoms with Crippen LogP contribution in [-0.2, 0) is 12.7 Å². The molecule has 8 heteroatoms. The lowest BCUT2D eigenvalue weighted by Crippen LogP contribution is -2.24. The van der Waals surface area contributed by atoms with E-state index in [-0.39, 0.29) is 6.54 Å². The maximum Gasteiger partial charge on any atom is 0.416 e. The van der Waals surface area contributed by atoms with Crippen molar-refractivity contribution in [3.05, 3.63) is 76.0 Å². The minimum absolute atomic E-state index is 0.0489. The second-order valence-corrected chi connectivity index (χ2v) is 5.72. The quantitative estimate of drug-likeness (QED) is 0.714. The molecule has 1 aromatic heterocycles. The van der Waals surface area contributed by atoms with Crippen molar-refractivity contribution in [2.24, 2.45) is 0 Å². The van der Waals surface area contributed by atoms with E-state index in [1.807, 2.05) is 0 Å². The molecule has 136 valence electrons. The molecule has 2 aromatic carbocycles. The third-order valence-electron chi connectivity index (χ3n) is 3.92. The van der Waals surface area contributed by atoms with Crippen LogP contribution in [-0.4, -0.2) is 21.5 Å². The Hall–Kier alpha value is -3.03. The zero-order valence-electron chi connectivity index (χ0n) is 14.1. The van der Waals surface area contributed by atoms with Gasteiger partial charge in [0.25, 0.3) is 0 Å². The van der Waals surface area contributed by atoms with Gasteiger partial charge in [-0.1, -0.05) is 12.1 Å². The first-order valence-electron chi connectivity index (χ1n) is 7.76. The number of halogens is 3. The van der Waals surface area contributed by atoms with Gasteiger partial charge in [0.1, 0.15) is 11.6 Å². The monoisotopic (exact) mass is 363 g/mol. The molecule has 0 amide bonds. The molecule has 0 saturated carbocycles. The van der Waals surface area contributed by atoms with Gasteiger partial charge in [-0.05, 0) is 48.9 Å². The van der Waals surface area contributed by atoms with Crippen molar-refractivity contribution in [3.63, 3.8) is 0 Å². The second kappa shape index (κ2) is 6.70. The van der Waals surface area contributed by atoms with Gasteiger partial charge < -0.3 is 4.74 Å². The van der Waals surface area contributed by atoms with Crippen molar-refractivity contribution in [1.29, 1.82) is 0 Å². The molecule has 0 aliphatic heterocycles. The van der Waals surface area contributed by atoms with Crippen LogP contribution in [0.25, 0.3) is 5.69 Å². The number of methoxy groups -OCH3 is 1. The van der Waals surface area contributed by atoms with Gasteiger partial charge in [0.15, 0.2) is 0 Å². The Morgan fingerprint density at radius 1 is 1.12 bits per heavy atom. The normalized spacial score (nSPS) is 11.6. The first kappa shape index (κ1) is 17.8. The molecule has 26 heavy (non-hydrogen) atoms. The summed E-state index contributed by atoms with van der Waals surface area (Å²) in [5.41, 5.74) is -0.232. The predicted molar refractivity (Wildman–Crippen MR) is 89.7 cm³/mol. The topological polar surface area (TPSA) is 49.0 Å². The number of ether oxygens (including phenoxy) is 1. The summed E-state index contributed by atoms with van der Waals surface area (Å²) in [4.78, 5) is 12.6. The van der Waals surface area contributed by atoms with E-state index in [2.05, 4.69) is 5.10 Å².